The van der Waals surface area contributed by atoms with Crippen LogP contribution in [-0.4, -0.2) is 36.0 Å². The number of benzene rings is 2. The maximum Gasteiger partial charge on any atom is 0.225 e. The molecule has 1 saturated carbocycles. The first-order valence-electron chi connectivity index (χ1n) is 9.16. The molecule has 0 radical (unpaired) electrons. The van der Waals surface area contributed by atoms with Gasteiger partial charge in [-0.15, -0.1) is 0 Å². The lowest BCUT2D eigenvalue weighted by molar-refractivity contribution is -0.130. The van der Waals surface area contributed by atoms with E-state index in [1.807, 2.05) is 48.3 Å². The monoisotopic (exact) mass is 348 g/mol. The number of amides is 1. The normalized spacial score (nSPS) is 15.0. The Kier molecular flexibility index (Phi) is 4.41. The van der Waals surface area contributed by atoms with E-state index in [1.165, 1.54) is 16.5 Å². The predicted octanol–water partition coefficient (Wildman–Crippen LogP) is 4.13. The van der Waals surface area contributed by atoms with Crippen LogP contribution >= 0.6 is 0 Å². The van der Waals surface area contributed by atoms with E-state index in [4.69, 9.17) is 4.74 Å². The van der Waals surface area contributed by atoms with Gasteiger partial charge in [-0.1, -0.05) is 36.4 Å². The molecule has 26 heavy (non-hydrogen) atoms. The molecule has 4 nitrogen and oxygen atoms in total. The summed E-state index contributed by atoms with van der Waals surface area (Å²) in [5.41, 5.74) is 2.61. The van der Waals surface area contributed by atoms with E-state index in [0.717, 1.165) is 25.1 Å². The van der Waals surface area contributed by atoms with Crippen molar-refractivity contribution in [3.05, 3.63) is 66.4 Å². The molecule has 0 bridgehead atoms. The van der Waals surface area contributed by atoms with E-state index in [2.05, 4.69) is 29.4 Å². The predicted molar refractivity (Wildman–Crippen MR) is 103 cm³/mol. The summed E-state index contributed by atoms with van der Waals surface area (Å²) in [6.07, 6.45) is 4.78. The highest BCUT2D eigenvalue weighted by atomic mass is 16.5. The molecule has 0 unspecified atom stereocenters. The van der Waals surface area contributed by atoms with Gasteiger partial charge in [-0.2, -0.15) is 0 Å². The standard InChI is InChI=1S/C22H24N2O2/c1-24(21(25)11-14-26-17-7-3-2-4-8-17)16-22(12-13-22)19-15-23-20-10-6-5-9-18(19)20/h2-10,15,23H,11-14,16H2,1H3. The summed E-state index contributed by atoms with van der Waals surface area (Å²) in [4.78, 5) is 17.7. The highest BCUT2D eigenvalue weighted by Crippen LogP contribution is 2.50. The quantitative estimate of drug-likeness (QED) is 0.698. The zero-order chi connectivity index (χ0) is 18.0. The van der Waals surface area contributed by atoms with E-state index in [-0.39, 0.29) is 11.3 Å². The third-order valence-corrected chi connectivity index (χ3v) is 5.31. The summed E-state index contributed by atoms with van der Waals surface area (Å²) < 4.78 is 5.65. The fourth-order valence-corrected chi connectivity index (χ4v) is 3.68. The first-order valence-corrected chi connectivity index (χ1v) is 9.16. The Labute approximate surface area is 153 Å². The number of nitrogens with zero attached hydrogens (tertiary/aromatic N) is 1. The molecule has 134 valence electrons. The average molecular weight is 348 g/mol. The van der Waals surface area contributed by atoms with Crippen LogP contribution in [0.5, 0.6) is 5.75 Å². The van der Waals surface area contributed by atoms with Gasteiger partial charge in [0, 0.05) is 36.1 Å². The number of aromatic amines is 1. The van der Waals surface area contributed by atoms with Crippen molar-refractivity contribution in [1.82, 2.24) is 9.88 Å². The van der Waals surface area contributed by atoms with Crippen molar-refractivity contribution in [1.29, 1.82) is 0 Å². The number of H-pyrrole nitrogens is 1. The van der Waals surface area contributed by atoms with E-state index < -0.39 is 0 Å². The van der Waals surface area contributed by atoms with E-state index in [1.54, 1.807) is 0 Å². The average Bonchev–Trinajstić information content (AvgIpc) is 3.30. The van der Waals surface area contributed by atoms with Crippen LogP contribution in [0.15, 0.2) is 60.8 Å². The van der Waals surface area contributed by atoms with Crippen LogP contribution < -0.4 is 4.74 Å². The second-order valence-electron chi connectivity index (χ2n) is 7.19. The smallest absolute Gasteiger partial charge is 0.225 e. The molecule has 1 aromatic heterocycles. The molecular weight excluding hydrogens is 324 g/mol. The van der Waals surface area contributed by atoms with Crippen molar-refractivity contribution >= 4 is 16.8 Å². The maximum atomic E-state index is 12.5. The molecule has 1 N–H and O–H groups in total. The number of likely N-dealkylation sites (N-methyl/N-ethyl adjacent to an activating group) is 1. The number of hydrogen-bond donors (Lipinski definition) is 1. The Bertz CT molecular complexity index is 897. The molecule has 4 rings (SSSR count). The van der Waals surface area contributed by atoms with Gasteiger partial charge >= 0.3 is 0 Å². The lowest BCUT2D eigenvalue weighted by atomic mass is 9.95. The van der Waals surface area contributed by atoms with E-state index >= 15 is 0 Å². The number of para-hydroxylation sites is 2. The van der Waals surface area contributed by atoms with Crippen molar-refractivity contribution in [3.8, 4) is 5.75 Å². The highest BCUT2D eigenvalue weighted by molar-refractivity contribution is 5.85. The lowest BCUT2D eigenvalue weighted by Gasteiger charge is -2.24. The van der Waals surface area contributed by atoms with Crippen molar-refractivity contribution in [2.24, 2.45) is 0 Å². The fourth-order valence-electron chi connectivity index (χ4n) is 3.68. The summed E-state index contributed by atoms with van der Waals surface area (Å²) in [5.74, 6) is 0.937. The van der Waals surface area contributed by atoms with Crippen LogP contribution in [0.25, 0.3) is 10.9 Å². The van der Waals surface area contributed by atoms with Crippen LogP contribution in [0.4, 0.5) is 0 Å². The second-order valence-corrected chi connectivity index (χ2v) is 7.19. The highest BCUT2D eigenvalue weighted by Gasteiger charge is 2.47. The summed E-state index contributed by atoms with van der Waals surface area (Å²) in [6.45, 7) is 1.17. The fraction of sp³-hybridized carbons (Fsp3) is 0.318. The van der Waals surface area contributed by atoms with Crippen LogP contribution in [-0.2, 0) is 10.2 Å². The Hall–Kier alpha value is -2.75. The molecule has 0 saturated heterocycles. The van der Waals surface area contributed by atoms with Crippen LogP contribution in [0.1, 0.15) is 24.8 Å². The van der Waals surface area contributed by atoms with Crippen LogP contribution in [0.2, 0.25) is 0 Å². The lowest BCUT2D eigenvalue weighted by Crippen LogP contribution is -2.35. The van der Waals surface area contributed by atoms with Gasteiger partial charge in [0.2, 0.25) is 5.91 Å². The largest absolute Gasteiger partial charge is 0.493 e. The minimum Gasteiger partial charge on any atom is -0.493 e. The van der Waals surface area contributed by atoms with Crippen LogP contribution in [0.3, 0.4) is 0 Å². The van der Waals surface area contributed by atoms with Gasteiger partial charge in [0.05, 0.1) is 13.0 Å². The minimum atomic E-state index is 0.101. The minimum absolute atomic E-state index is 0.101. The van der Waals surface area contributed by atoms with Crippen molar-refractivity contribution in [2.45, 2.75) is 24.7 Å². The second kappa shape index (κ2) is 6.87. The molecule has 4 heteroatoms. The summed E-state index contributed by atoms with van der Waals surface area (Å²) in [6, 6.07) is 18.0. The van der Waals surface area contributed by atoms with E-state index in [0.29, 0.717) is 13.0 Å². The molecule has 1 aliphatic carbocycles. The Morgan fingerprint density at radius 1 is 1.12 bits per heavy atom. The van der Waals surface area contributed by atoms with Gasteiger partial charge in [-0.3, -0.25) is 4.79 Å². The van der Waals surface area contributed by atoms with Gasteiger partial charge in [0.15, 0.2) is 0 Å². The SMILES string of the molecule is CN(CC1(c2c[nH]c3ccccc23)CC1)C(=O)CCOc1ccccc1. The van der Waals surface area contributed by atoms with Gasteiger partial charge in [0.1, 0.15) is 5.75 Å². The van der Waals surface area contributed by atoms with Crippen LogP contribution in [0, 0.1) is 0 Å². The van der Waals surface area contributed by atoms with E-state index in [9.17, 15) is 4.79 Å². The summed E-state index contributed by atoms with van der Waals surface area (Å²) in [7, 11) is 1.90. The topological polar surface area (TPSA) is 45.3 Å². The number of fused-ring (bicyclic) bond motifs is 1. The van der Waals surface area contributed by atoms with Crippen molar-refractivity contribution in [3.63, 3.8) is 0 Å². The molecular formula is C22H24N2O2. The Morgan fingerprint density at radius 2 is 1.85 bits per heavy atom. The van der Waals surface area contributed by atoms with Gasteiger partial charge in [0.25, 0.3) is 0 Å². The zero-order valence-electron chi connectivity index (χ0n) is 15.1. The maximum absolute atomic E-state index is 12.5. The summed E-state index contributed by atoms with van der Waals surface area (Å²) >= 11 is 0. The molecule has 1 amide bonds. The third kappa shape index (κ3) is 3.32. The molecule has 0 spiro atoms. The van der Waals surface area contributed by atoms with Gasteiger partial charge < -0.3 is 14.6 Å². The first kappa shape index (κ1) is 16.7. The Morgan fingerprint density at radius 3 is 2.62 bits per heavy atom. The summed E-state index contributed by atoms with van der Waals surface area (Å²) in [5, 5.41) is 1.28. The molecule has 2 aromatic carbocycles. The van der Waals surface area contributed by atoms with Gasteiger partial charge in [-0.25, -0.2) is 0 Å². The Balaban J connectivity index is 1.36. The third-order valence-electron chi connectivity index (χ3n) is 5.31. The molecule has 0 atom stereocenters. The van der Waals surface area contributed by atoms with Gasteiger partial charge in [-0.05, 0) is 36.6 Å². The first-order chi connectivity index (χ1) is 12.7. The zero-order valence-corrected chi connectivity index (χ0v) is 15.1. The number of carbonyl (C=O) groups excluding carboxylic acids is 1. The number of aromatic nitrogens is 1. The molecule has 1 heterocycles. The number of carbonyl (C=O) groups is 1. The number of ether oxygens (including phenoxy) is 1. The molecule has 3 aromatic rings. The number of nitrogens with one attached hydrogen (secondary N) is 1. The van der Waals surface area contributed by atoms with Crippen molar-refractivity contribution < 1.29 is 9.53 Å². The number of hydrogen-bond acceptors (Lipinski definition) is 2. The molecule has 1 aliphatic rings. The van der Waals surface area contributed by atoms with Crippen molar-refractivity contribution in [2.75, 3.05) is 20.2 Å². The number of rotatable bonds is 7. The molecule has 0 aliphatic heterocycles. The molecule has 1 fully saturated rings.